The van der Waals surface area contributed by atoms with Crippen LogP contribution in [-0.4, -0.2) is 34.8 Å². The van der Waals surface area contributed by atoms with Gasteiger partial charge in [0.15, 0.2) is 0 Å². The lowest BCUT2D eigenvalue weighted by Gasteiger charge is -2.46. The Morgan fingerprint density at radius 2 is 2.00 bits per heavy atom. The van der Waals surface area contributed by atoms with Crippen LogP contribution >= 0.6 is 0 Å². The summed E-state index contributed by atoms with van der Waals surface area (Å²) in [5.74, 6) is 0.755. The first-order valence-corrected chi connectivity index (χ1v) is 7.72. The van der Waals surface area contributed by atoms with Crippen molar-refractivity contribution >= 4 is 11.8 Å². The molecular formula is C15H26N2O2. The molecule has 19 heavy (non-hydrogen) atoms. The van der Waals surface area contributed by atoms with Gasteiger partial charge in [0.05, 0.1) is 0 Å². The smallest absolute Gasteiger partial charge is 0.246 e. The van der Waals surface area contributed by atoms with E-state index in [1.165, 1.54) is 19.3 Å². The Labute approximate surface area is 115 Å². The summed E-state index contributed by atoms with van der Waals surface area (Å²) < 4.78 is 0. The van der Waals surface area contributed by atoms with Gasteiger partial charge in [0.25, 0.3) is 0 Å². The van der Waals surface area contributed by atoms with Crippen molar-refractivity contribution in [1.82, 2.24) is 10.2 Å². The van der Waals surface area contributed by atoms with Crippen LogP contribution < -0.4 is 5.32 Å². The Morgan fingerprint density at radius 1 is 1.32 bits per heavy atom. The summed E-state index contributed by atoms with van der Waals surface area (Å²) in [6.45, 7) is 6.15. The lowest BCUT2D eigenvalue weighted by molar-refractivity contribution is -0.154. The molecular weight excluding hydrogens is 240 g/mol. The van der Waals surface area contributed by atoms with Crippen LogP contribution in [-0.2, 0) is 9.59 Å². The highest BCUT2D eigenvalue weighted by Gasteiger charge is 2.43. The summed E-state index contributed by atoms with van der Waals surface area (Å²) in [5.41, 5.74) is 0. The monoisotopic (exact) mass is 266 g/mol. The largest absolute Gasteiger partial charge is 0.343 e. The first kappa shape index (κ1) is 14.4. The van der Waals surface area contributed by atoms with Crippen LogP contribution in [0.15, 0.2) is 0 Å². The Bertz CT molecular complexity index is 352. The van der Waals surface area contributed by atoms with Crippen LogP contribution in [0.25, 0.3) is 0 Å². The van der Waals surface area contributed by atoms with Crippen molar-refractivity contribution in [1.29, 1.82) is 0 Å². The molecule has 2 fully saturated rings. The Hall–Kier alpha value is -1.06. The molecule has 0 aromatic carbocycles. The standard InChI is InChI=1S/C15H26N2O2/c1-4-7-12-15(19)17(10(3)11-8-6-9-11)13(5-2)14(18)16-12/h10-13H,4-9H2,1-3H3,(H,16,18). The third-order valence-electron chi connectivity index (χ3n) is 4.74. The Kier molecular flexibility index (Phi) is 4.48. The fourth-order valence-electron chi connectivity index (χ4n) is 3.29. The number of rotatable bonds is 5. The third kappa shape index (κ3) is 2.63. The van der Waals surface area contributed by atoms with E-state index in [9.17, 15) is 9.59 Å². The van der Waals surface area contributed by atoms with Crippen LogP contribution in [0.1, 0.15) is 59.3 Å². The Morgan fingerprint density at radius 3 is 2.47 bits per heavy atom. The summed E-state index contributed by atoms with van der Waals surface area (Å²) in [6, 6.07) is -0.365. The number of piperazine rings is 1. The summed E-state index contributed by atoms with van der Waals surface area (Å²) in [4.78, 5) is 26.7. The summed E-state index contributed by atoms with van der Waals surface area (Å²) in [5, 5.41) is 2.90. The predicted molar refractivity (Wildman–Crippen MR) is 74.6 cm³/mol. The van der Waals surface area contributed by atoms with Gasteiger partial charge in [-0.25, -0.2) is 0 Å². The molecule has 0 bridgehead atoms. The number of carbonyl (C=O) groups excluding carboxylic acids is 2. The van der Waals surface area contributed by atoms with Crippen LogP contribution in [0.4, 0.5) is 0 Å². The molecule has 4 heteroatoms. The molecule has 1 N–H and O–H groups in total. The number of hydrogen-bond donors (Lipinski definition) is 1. The second kappa shape index (κ2) is 5.93. The maximum Gasteiger partial charge on any atom is 0.246 e. The topological polar surface area (TPSA) is 49.4 Å². The highest BCUT2D eigenvalue weighted by Crippen LogP contribution is 2.34. The summed E-state index contributed by atoms with van der Waals surface area (Å²) >= 11 is 0. The lowest BCUT2D eigenvalue weighted by Crippen LogP contribution is -2.66. The van der Waals surface area contributed by atoms with Gasteiger partial charge >= 0.3 is 0 Å². The molecule has 108 valence electrons. The second-order valence-corrected chi connectivity index (χ2v) is 5.95. The lowest BCUT2D eigenvalue weighted by atomic mass is 9.78. The third-order valence-corrected chi connectivity index (χ3v) is 4.74. The molecule has 2 aliphatic rings. The minimum atomic E-state index is -0.303. The first-order valence-electron chi connectivity index (χ1n) is 7.72. The predicted octanol–water partition coefficient (Wildman–Crippen LogP) is 2.08. The van der Waals surface area contributed by atoms with Crippen LogP contribution in [0.2, 0.25) is 0 Å². The van der Waals surface area contributed by atoms with Crippen LogP contribution in [0.5, 0.6) is 0 Å². The van der Waals surface area contributed by atoms with E-state index in [-0.39, 0.29) is 29.9 Å². The van der Waals surface area contributed by atoms with Gasteiger partial charge in [0, 0.05) is 6.04 Å². The molecule has 1 saturated heterocycles. The number of hydrogen-bond acceptors (Lipinski definition) is 2. The molecule has 4 nitrogen and oxygen atoms in total. The van der Waals surface area contributed by atoms with E-state index < -0.39 is 0 Å². The van der Waals surface area contributed by atoms with Gasteiger partial charge in [-0.3, -0.25) is 9.59 Å². The molecule has 0 aromatic heterocycles. The second-order valence-electron chi connectivity index (χ2n) is 5.95. The van der Waals surface area contributed by atoms with Crippen LogP contribution in [0, 0.1) is 5.92 Å². The molecule has 1 heterocycles. The molecule has 0 spiro atoms. The van der Waals surface area contributed by atoms with E-state index in [0.717, 1.165) is 12.8 Å². The van der Waals surface area contributed by atoms with Gasteiger partial charge in [-0.15, -0.1) is 0 Å². The minimum absolute atomic E-state index is 0.0340. The number of amides is 2. The number of nitrogens with one attached hydrogen (secondary N) is 1. The van der Waals surface area contributed by atoms with Gasteiger partial charge in [-0.05, 0) is 38.5 Å². The maximum absolute atomic E-state index is 12.6. The number of nitrogens with zero attached hydrogens (tertiary/aromatic N) is 1. The van der Waals surface area contributed by atoms with Crippen molar-refractivity contribution in [3.8, 4) is 0 Å². The summed E-state index contributed by atoms with van der Waals surface area (Å²) in [7, 11) is 0. The van der Waals surface area contributed by atoms with E-state index in [1.54, 1.807) is 0 Å². The molecule has 1 aliphatic heterocycles. The zero-order valence-electron chi connectivity index (χ0n) is 12.3. The highest BCUT2D eigenvalue weighted by molar-refractivity contribution is 5.97. The quantitative estimate of drug-likeness (QED) is 0.828. The average Bonchev–Trinajstić information content (AvgIpc) is 2.30. The molecule has 0 radical (unpaired) electrons. The van der Waals surface area contributed by atoms with E-state index in [2.05, 4.69) is 12.2 Å². The van der Waals surface area contributed by atoms with E-state index in [0.29, 0.717) is 12.3 Å². The molecule has 0 aromatic rings. The van der Waals surface area contributed by atoms with Crippen molar-refractivity contribution in [2.75, 3.05) is 0 Å². The van der Waals surface area contributed by atoms with Crippen molar-refractivity contribution < 1.29 is 9.59 Å². The van der Waals surface area contributed by atoms with Crippen molar-refractivity contribution in [3.05, 3.63) is 0 Å². The van der Waals surface area contributed by atoms with Gasteiger partial charge in [0.2, 0.25) is 11.8 Å². The van der Waals surface area contributed by atoms with E-state index in [1.807, 2.05) is 18.7 Å². The maximum atomic E-state index is 12.6. The first-order chi connectivity index (χ1) is 9.10. The minimum Gasteiger partial charge on any atom is -0.343 e. The summed E-state index contributed by atoms with van der Waals surface area (Å²) in [6.07, 6.45) is 6.02. The van der Waals surface area contributed by atoms with Gasteiger partial charge < -0.3 is 10.2 Å². The highest BCUT2D eigenvalue weighted by atomic mass is 16.2. The van der Waals surface area contributed by atoms with Crippen LogP contribution in [0.3, 0.4) is 0 Å². The fraction of sp³-hybridized carbons (Fsp3) is 0.867. The average molecular weight is 266 g/mol. The molecule has 3 atom stereocenters. The molecule has 1 aliphatic carbocycles. The van der Waals surface area contributed by atoms with Crippen molar-refractivity contribution in [3.63, 3.8) is 0 Å². The van der Waals surface area contributed by atoms with E-state index in [4.69, 9.17) is 0 Å². The number of carbonyl (C=O) groups is 2. The molecule has 3 unspecified atom stereocenters. The SMILES string of the molecule is CCCC1NC(=O)C(CC)N(C(C)C2CCC2)C1=O. The van der Waals surface area contributed by atoms with Gasteiger partial charge in [-0.2, -0.15) is 0 Å². The van der Waals surface area contributed by atoms with E-state index >= 15 is 0 Å². The van der Waals surface area contributed by atoms with Gasteiger partial charge in [-0.1, -0.05) is 26.7 Å². The van der Waals surface area contributed by atoms with Gasteiger partial charge in [0.1, 0.15) is 12.1 Å². The molecule has 1 saturated carbocycles. The zero-order chi connectivity index (χ0) is 14.0. The zero-order valence-corrected chi connectivity index (χ0v) is 12.3. The molecule has 2 rings (SSSR count). The van der Waals surface area contributed by atoms with Crippen molar-refractivity contribution in [2.24, 2.45) is 5.92 Å². The molecule has 2 amide bonds. The van der Waals surface area contributed by atoms with Crippen molar-refractivity contribution in [2.45, 2.75) is 77.4 Å². The Balaban J connectivity index is 2.17. The normalized spacial score (nSPS) is 29.9. The fourth-order valence-corrected chi connectivity index (χ4v) is 3.29.